The lowest BCUT2D eigenvalue weighted by atomic mass is 9.81. The zero-order valence-corrected chi connectivity index (χ0v) is 23.8. The van der Waals surface area contributed by atoms with Crippen LogP contribution in [0.25, 0.3) is 11.1 Å². The van der Waals surface area contributed by atoms with Gasteiger partial charge in [0.1, 0.15) is 11.4 Å². The van der Waals surface area contributed by atoms with Crippen molar-refractivity contribution in [2.24, 2.45) is 0 Å². The van der Waals surface area contributed by atoms with E-state index in [0.717, 1.165) is 68.8 Å². The number of benzene rings is 2. The van der Waals surface area contributed by atoms with Gasteiger partial charge in [0.25, 0.3) is 6.43 Å². The molecule has 0 spiro atoms. The second-order valence-electron chi connectivity index (χ2n) is 11.7. The second-order valence-corrected chi connectivity index (χ2v) is 12.1. The van der Waals surface area contributed by atoms with E-state index in [0.29, 0.717) is 36.5 Å². The number of hydrogen-bond acceptors (Lipinski definition) is 4. The zero-order chi connectivity index (χ0) is 27.9. The van der Waals surface area contributed by atoms with E-state index in [9.17, 15) is 13.2 Å². The van der Waals surface area contributed by atoms with Crippen LogP contribution in [0.1, 0.15) is 55.8 Å². The van der Waals surface area contributed by atoms with Crippen LogP contribution >= 0.6 is 11.6 Å². The SMILES string of the molecule is Cc1cnn(C2CCCN(c3cc(Cl)ccc3-c3ccc(N4CCN(CC5(F)CCC5)CC4)cc3)C2)c1C(F)F. The third kappa shape index (κ3) is 5.57. The number of nitrogens with zero attached hydrogens (tertiary/aromatic N) is 5. The lowest BCUT2D eigenvalue weighted by Gasteiger charge is -2.42. The maximum atomic E-state index is 14.6. The van der Waals surface area contributed by atoms with Gasteiger partial charge in [0.2, 0.25) is 0 Å². The van der Waals surface area contributed by atoms with Crippen LogP contribution in [0.4, 0.5) is 24.5 Å². The number of piperazine rings is 1. The summed E-state index contributed by atoms with van der Waals surface area (Å²) in [5.74, 6) is 0. The average molecular weight is 572 g/mol. The minimum absolute atomic E-state index is 0.0156. The number of alkyl halides is 3. The number of rotatable bonds is 7. The van der Waals surface area contributed by atoms with Gasteiger partial charge in [-0.15, -0.1) is 0 Å². The van der Waals surface area contributed by atoms with E-state index >= 15 is 0 Å². The molecule has 9 heteroatoms. The van der Waals surface area contributed by atoms with Crippen molar-refractivity contribution in [2.45, 2.75) is 57.2 Å². The predicted octanol–water partition coefficient (Wildman–Crippen LogP) is 7.31. The summed E-state index contributed by atoms with van der Waals surface area (Å²) in [4.78, 5) is 6.90. The molecule has 40 heavy (non-hydrogen) atoms. The van der Waals surface area contributed by atoms with Crippen LogP contribution in [-0.4, -0.2) is 66.2 Å². The van der Waals surface area contributed by atoms with Crippen LogP contribution < -0.4 is 9.80 Å². The van der Waals surface area contributed by atoms with Gasteiger partial charge in [-0.3, -0.25) is 9.58 Å². The molecule has 6 rings (SSSR count). The molecule has 3 aliphatic rings. The minimum Gasteiger partial charge on any atom is -0.369 e. The van der Waals surface area contributed by atoms with E-state index in [-0.39, 0.29) is 11.7 Å². The Hall–Kier alpha value is -2.71. The van der Waals surface area contributed by atoms with Crippen molar-refractivity contribution in [3.05, 3.63) is 64.9 Å². The van der Waals surface area contributed by atoms with E-state index < -0.39 is 12.1 Å². The number of aromatic nitrogens is 2. The number of anilines is 2. The summed E-state index contributed by atoms with van der Waals surface area (Å²) in [5, 5.41) is 4.98. The fourth-order valence-corrected chi connectivity index (χ4v) is 6.71. The van der Waals surface area contributed by atoms with Gasteiger partial charge < -0.3 is 9.80 Å². The molecule has 0 N–H and O–H groups in total. The van der Waals surface area contributed by atoms with Gasteiger partial charge in [-0.2, -0.15) is 5.10 Å². The van der Waals surface area contributed by atoms with Crippen molar-refractivity contribution in [1.29, 1.82) is 0 Å². The summed E-state index contributed by atoms with van der Waals surface area (Å²) in [6.07, 6.45) is 3.11. The van der Waals surface area contributed by atoms with Crippen molar-refractivity contribution in [2.75, 3.05) is 55.6 Å². The number of aryl methyl sites for hydroxylation is 1. The molecule has 0 amide bonds. The van der Waals surface area contributed by atoms with Crippen LogP contribution in [0.2, 0.25) is 5.02 Å². The van der Waals surface area contributed by atoms with Gasteiger partial charge in [-0.1, -0.05) is 29.8 Å². The fourth-order valence-electron chi connectivity index (χ4n) is 6.54. The predicted molar refractivity (Wildman–Crippen MR) is 156 cm³/mol. The normalized spacial score (nSPS) is 21.6. The standard InChI is InChI=1S/C31H37ClF3N5/c1-22-19-36-40(29(22)30(33)34)26-4-2-13-39(20-26)28-18-24(32)7-10-27(28)23-5-8-25(9-6-23)38-16-14-37(15-17-38)21-31(35)11-3-12-31/h5-10,18-19,26,30H,2-4,11-17,20-21H2,1H3. The average Bonchev–Trinajstić information content (AvgIpc) is 3.34. The smallest absolute Gasteiger partial charge is 0.280 e. The van der Waals surface area contributed by atoms with Crippen LogP contribution in [-0.2, 0) is 0 Å². The summed E-state index contributed by atoms with van der Waals surface area (Å²) >= 11 is 6.46. The third-order valence-electron chi connectivity index (χ3n) is 8.95. The zero-order valence-electron chi connectivity index (χ0n) is 23.0. The molecule has 0 radical (unpaired) electrons. The van der Waals surface area contributed by atoms with Gasteiger partial charge in [0.05, 0.1) is 12.2 Å². The van der Waals surface area contributed by atoms with E-state index in [1.54, 1.807) is 13.1 Å². The molecule has 214 valence electrons. The highest BCUT2D eigenvalue weighted by molar-refractivity contribution is 6.31. The fraction of sp³-hybridized carbons (Fsp3) is 0.516. The van der Waals surface area contributed by atoms with Crippen molar-refractivity contribution < 1.29 is 13.2 Å². The molecular formula is C31H37ClF3N5. The van der Waals surface area contributed by atoms with Crippen LogP contribution in [0.3, 0.4) is 0 Å². The van der Waals surface area contributed by atoms with Crippen LogP contribution in [0, 0.1) is 6.92 Å². The van der Waals surface area contributed by atoms with Gasteiger partial charge in [-0.05, 0) is 74.4 Å². The first-order valence-corrected chi connectivity index (χ1v) is 14.8. The Morgan fingerprint density at radius 1 is 0.975 bits per heavy atom. The highest BCUT2D eigenvalue weighted by Gasteiger charge is 2.39. The Morgan fingerprint density at radius 3 is 2.40 bits per heavy atom. The molecule has 0 bridgehead atoms. The minimum atomic E-state index is -2.55. The Kier molecular flexibility index (Phi) is 7.75. The Balaban J connectivity index is 1.17. The summed E-state index contributed by atoms with van der Waals surface area (Å²) in [5.41, 5.74) is 3.92. The Bertz CT molecular complexity index is 1320. The highest BCUT2D eigenvalue weighted by atomic mass is 35.5. The van der Waals surface area contributed by atoms with Gasteiger partial charge >= 0.3 is 0 Å². The number of halogens is 4. The molecule has 1 aromatic heterocycles. The van der Waals surface area contributed by atoms with Crippen molar-refractivity contribution in [1.82, 2.24) is 14.7 Å². The largest absolute Gasteiger partial charge is 0.369 e. The van der Waals surface area contributed by atoms with E-state index in [1.807, 2.05) is 18.2 Å². The molecule has 1 aliphatic carbocycles. The maximum Gasteiger partial charge on any atom is 0.280 e. The lowest BCUT2D eigenvalue weighted by Crippen LogP contribution is -2.52. The summed E-state index contributed by atoms with van der Waals surface area (Å²) in [7, 11) is 0. The van der Waals surface area contributed by atoms with Crippen LogP contribution in [0.15, 0.2) is 48.7 Å². The number of hydrogen-bond donors (Lipinski definition) is 0. The molecule has 2 aromatic carbocycles. The van der Waals surface area contributed by atoms with E-state index in [1.165, 1.54) is 10.4 Å². The second kappa shape index (κ2) is 11.3. The Morgan fingerprint density at radius 2 is 1.73 bits per heavy atom. The molecule has 1 atom stereocenters. The van der Waals surface area contributed by atoms with E-state index in [4.69, 9.17) is 11.6 Å². The lowest BCUT2D eigenvalue weighted by molar-refractivity contribution is 0.0191. The van der Waals surface area contributed by atoms with E-state index in [2.05, 4.69) is 44.1 Å². The number of piperidine rings is 1. The van der Waals surface area contributed by atoms with Crippen LogP contribution in [0.5, 0.6) is 0 Å². The molecule has 3 fully saturated rings. The highest BCUT2D eigenvalue weighted by Crippen LogP contribution is 2.39. The van der Waals surface area contributed by atoms with Crippen molar-refractivity contribution in [3.8, 4) is 11.1 Å². The quantitative estimate of drug-likeness (QED) is 0.297. The third-order valence-corrected chi connectivity index (χ3v) is 9.18. The van der Waals surface area contributed by atoms with Gasteiger partial charge in [0, 0.05) is 67.8 Å². The monoisotopic (exact) mass is 571 g/mol. The van der Waals surface area contributed by atoms with Gasteiger partial charge in [-0.25, -0.2) is 13.2 Å². The molecule has 3 aromatic rings. The molecule has 3 heterocycles. The van der Waals surface area contributed by atoms with Crippen molar-refractivity contribution >= 4 is 23.0 Å². The first-order chi connectivity index (χ1) is 19.3. The summed E-state index contributed by atoms with van der Waals surface area (Å²) in [6, 6.07) is 14.4. The first-order valence-electron chi connectivity index (χ1n) is 14.4. The van der Waals surface area contributed by atoms with Crippen molar-refractivity contribution in [3.63, 3.8) is 0 Å². The molecular weight excluding hydrogens is 535 g/mol. The molecule has 5 nitrogen and oxygen atoms in total. The first kappa shape index (κ1) is 27.5. The Labute approximate surface area is 239 Å². The maximum absolute atomic E-state index is 14.6. The molecule has 1 unspecified atom stereocenters. The summed E-state index contributed by atoms with van der Waals surface area (Å²) < 4.78 is 43.7. The summed E-state index contributed by atoms with van der Waals surface area (Å²) in [6.45, 7) is 7.24. The molecule has 2 saturated heterocycles. The molecule has 1 saturated carbocycles. The van der Waals surface area contributed by atoms with Gasteiger partial charge in [0.15, 0.2) is 0 Å². The topological polar surface area (TPSA) is 27.5 Å². The molecule has 2 aliphatic heterocycles.